The van der Waals surface area contributed by atoms with Crippen molar-refractivity contribution < 1.29 is 14.4 Å². The minimum absolute atomic E-state index is 0.0286. The van der Waals surface area contributed by atoms with Gasteiger partial charge in [-0.3, -0.25) is 14.4 Å². The number of carbonyl (C=O) groups excluding carboxylic acids is 3. The normalized spacial score (nSPS) is 10.2. The highest BCUT2D eigenvalue weighted by molar-refractivity contribution is 5.97. The van der Waals surface area contributed by atoms with Crippen molar-refractivity contribution in [3.05, 3.63) is 29.8 Å². The number of benzene rings is 1. The first-order valence-corrected chi connectivity index (χ1v) is 8.91. The van der Waals surface area contributed by atoms with E-state index in [1.807, 2.05) is 13.8 Å². The van der Waals surface area contributed by atoms with Crippen LogP contribution in [-0.4, -0.2) is 42.3 Å². The second-order valence-electron chi connectivity index (χ2n) is 5.90. The summed E-state index contributed by atoms with van der Waals surface area (Å²) in [5.41, 5.74) is 1.22. The van der Waals surface area contributed by atoms with Crippen molar-refractivity contribution in [3.8, 4) is 0 Å². The van der Waals surface area contributed by atoms with E-state index in [0.717, 1.165) is 19.3 Å². The number of anilines is 1. The van der Waals surface area contributed by atoms with Gasteiger partial charge in [0.05, 0.1) is 0 Å². The number of nitrogens with zero attached hydrogens (tertiary/aromatic N) is 1. The van der Waals surface area contributed by atoms with Gasteiger partial charge in [-0.05, 0) is 44.9 Å². The van der Waals surface area contributed by atoms with Crippen molar-refractivity contribution in [2.24, 2.45) is 0 Å². The SMILES string of the molecule is CCN(CC)C(=O)c1cccc(NC(=O)CCCCCNC(C)=O)c1. The monoisotopic (exact) mass is 347 g/mol. The number of rotatable bonds is 10. The van der Waals surface area contributed by atoms with Crippen LogP contribution in [0, 0.1) is 0 Å². The fourth-order valence-electron chi connectivity index (χ4n) is 2.50. The van der Waals surface area contributed by atoms with Crippen LogP contribution in [0.5, 0.6) is 0 Å². The molecular weight excluding hydrogens is 318 g/mol. The minimum Gasteiger partial charge on any atom is -0.356 e. The molecule has 6 nitrogen and oxygen atoms in total. The van der Waals surface area contributed by atoms with Crippen LogP contribution in [0.3, 0.4) is 0 Å². The molecule has 25 heavy (non-hydrogen) atoms. The van der Waals surface area contributed by atoms with Crippen molar-refractivity contribution in [1.29, 1.82) is 0 Å². The van der Waals surface area contributed by atoms with Crippen LogP contribution in [0.2, 0.25) is 0 Å². The third-order valence-electron chi connectivity index (χ3n) is 3.90. The van der Waals surface area contributed by atoms with E-state index in [1.165, 1.54) is 6.92 Å². The molecule has 1 rings (SSSR count). The average Bonchev–Trinajstić information content (AvgIpc) is 2.59. The van der Waals surface area contributed by atoms with Gasteiger partial charge in [0, 0.05) is 44.2 Å². The molecule has 2 N–H and O–H groups in total. The van der Waals surface area contributed by atoms with Gasteiger partial charge in [-0.25, -0.2) is 0 Å². The lowest BCUT2D eigenvalue weighted by atomic mass is 10.1. The zero-order valence-electron chi connectivity index (χ0n) is 15.4. The number of hydrogen-bond donors (Lipinski definition) is 2. The second kappa shape index (κ2) is 11.2. The fraction of sp³-hybridized carbons (Fsp3) is 0.526. The largest absolute Gasteiger partial charge is 0.356 e. The van der Waals surface area contributed by atoms with Crippen LogP contribution >= 0.6 is 0 Å². The molecule has 0 bridgehead atoms. The molecular formula is C19H29N3O3. The van der Waals surface area contributed by atoms with E-state index in [4.69, 9.17) is 0 Å². The highest BCUT2D eigenvalue weighted by Crippen LogP contribution is 2.14. The lowest BCUT2D eigenvalue weighted by molar-refractivity contribution is -0.119. The average molecular weight is 347 g/mol. The lowest BCUT2D eigenvalue weighted by Crippen LogP contribution is -2.30. The molecule has 0 aliphatic carbocycles. The third kappa shape index (κ3) is 7.83. The highest BCUT2D eigenvalue weighted by atomic mass is 16.2. The molecule has 0 aliphatic rings. The molecule has 0 aromatic heterocycles. The molecule has 1 aromatic rings. The quantitative estimate of drug-likeness (QED) is 0.639. The zero-order valence-corrected chi connectivity index (χ0v) is 15.4. The maximum absolute atomic E-state index is 12.3. The Balaban J connectivity index is 2.43. The van der Waals surface area contributed by atoms with Gasteiger partial charge in [0.25, 0.3) is 5.91 Å². The van der Waals surface area contributed by atoms with Gasteiger partial charge in [0.2, 0.25) is 11.8 Å². The van der Waals surface area contributed by atoms with Crippen molar-refractivity contribution in [3.63, 3.8) is 0 Å². The van der Waals surface area contributed by atoms with Gasteiger partial charge in [0.15, 0.2) is 0 Å². The summed E-state index contributed by atoms with van der Waals surface area (Å²) in [5, 5.41) is 5.58. The molecule has 138 valence electrons. The van der Waals surface area contributed by atoms with E-state index >= 15 is 0 Å². The summed E-state index contributed by atoms with van der Waals surface area (Å²) in [6.45, 7) is 7.34. The lowest BCUT2D eigenvalue weighted by Gasteiger charge is -2.19. The van der Waals surface area contributed by atoms with Crippen molar-refractivity contribution >= 4 is 23.4 Å². The summed E-state index contributed by atoms with van der Waals surface area (Å²) in [6.07, 6.45) is 2.94. The number of amides is 3. The number of nitrogens with one attached hydrogen (secondary N) is 2. The summed E-state index contributed by atoms with van der Waals surface area (Å²) in [4.78, 5) is 36.8. The number of hydrogen-bond acceptors (Lipinski definition) is 3. The molecule has 0 saturated carbocycles. The Labute approximate surface area is 150 Å². The van der Waals surface area contributed by atoms with Gasteiger partial charge >= 0.3 is 0 Å². The van der Waals surface area contributed by atoms with Crippen LogP contribution in [0.25, 0.3) is 0 Å². The summed E-state index contributed by atoms with van der Waals surface area (Å²) in [6, 6.07) is 7.04. The van der Waals surface area contributed by atoms with E-state index < -0.39 is 0 Å². The van der Waals surface area contributed by atoms with Gasteiger partial charge in [-0.2, -0.15) is 0 Å². The van der Waals surface area contributed by atoms with Crippen LogP contribution in [0.15, 0.2) is 24.3 Å². The summed E-state index contributed by atoms with van der Waals surface area (Å²) in [5.74, 6) is -0.122. The molecule has 0 radical (unpaired) electrons. The van der Waals surface area contributed by atoms with Gasteiger partial charge in [0.1, 0.15) is 0 Å². The van der Waals surface area contributed by atoms with Crippen LogP contribution < -0.4 is 10.6 Å². The topological polar surface area (TPSA) is 78.5 Å². The Morgan fingerprint density at radius 2 is 1.76 bits per heavy atom. The Kier molecular flexibility index (Phi) is 9.29. The van der Waals surface area contributed by atoms with Gasteiger partial charge < -0.3 is 15.5 Å². The van der Waals surface area contributed by atoms with Crippen molar-refractivity contribution in [2.45, 2.75) is 46.5 Å². The maximum atomic E-state index is 12.3. The molecule has 3 amide bonds. The Bertz CT molecular complexity index is 583. The molecule has 0 heterocycles. The Morgan fingerprint density at radius 1 is 1.04 bits per heavy atom. The molecule has 0 unspecified atom stereocenters. The molecule has 0 aliphatic heterocycles. The van der Waals surface area contributed by atoms with Crippen LogP contribution in [-0.2, 0) is 9.59 Å². The second-order valence-corrected chi connectivity index (χ2v) is 5.90. The molecule has 0 spiro atoms. The van der Waals surface area contributed by atoms with E-state index in [2.05, 4.69) is 10.6 Å². The molecule has 0 saturated heterocycles. The highest BCUT2D eigenvalue weighted by Gasteiger charge is 2.13. The third-order valence-corrected chi connectivity index (χ3v) is 3.90. The number of carbonyl (C=O) groups is 3. The first-order valence-electron chi connectivity index (χ1n) is 8.91. The van der Waals surface area contributed by atoms with E-state index in [9.17, 15) is 14.4 Å². The zero-order chi connectivity index (χ0) is 18.7. The predicted octanol–water partition coefficient (Wildman–Crippen LogP) is 2.80. The van der Waals surface area contributed by atoms with E-state index in [1.54, 1.807) is 29.2 Å². The predicted molar refractivity (Wildman–Crippen MR) is 99.5 cm³/mol. The smallest absolute Gasteiger partial charge is 0.253 e. The number of unbranched alkanes of at least 4 members (excludes halogenated alkanes) is 2. The van der Waals surface area contributed by atoms with Crippen LogP contribution in [0.4, 0.5) is 5.69 Å². The van der Waals surface area contributed by atoms with Crippen LogP contribution in [0.1, 0.15) is 56.8 Å². The fourth-order valence-corrected chi connectivity index (χ4v) is 2.50. The van der Waals surface area contributed by atoms with Gasteiger partial charge in [-0.15, -0.1) is 0 Å². The van der Waals surface area contributed by atoms with E-state index in [-0.39, 0.29) is 17.7 Å². The summed E-state index contributed by atoms with van der Waals surface area (Å²) in [7, 11) is 0. The molecule has 0 atom stereocenters. The van der Waals surface area contributed by atoms with Gasteiger partial charge in [-0.1, -0.05) is 12.5 Å². The molecule has 0 fully saturated rings. The van der Waals surface area contributed by atoms with Crippen molar-refractivity contribution in [2.75, 3.05) is 25.0 Å². The first-order chi connectivity index (χ1) is 12.0. The summed E-state index contributed by atoms with van der Waals surface area (Å²) >= 11 is 0. The first kappa shape index (κ1) is 20.7. The maximum Gasteiger partial charge on any atom is 0.253 e. The van der Waals surface area contributed by atoms with E-state index in [0.29, 0.717) is 37.3 Å². The Morgan fingerprint density at radius 3 is 2.40 bits per heavy atom. The molecule has 6 heteroatoms. The summed E-state index contributed by atoms with van der Waals surface area (Å²) < 4.78 is 0. The standard InChI is InChI=1S/C19H29N3O3/c1-4-22(5-2)19(25)16-10-9-11-17(14-16)21-18(24)12-7-6-8-13-20-15(3)23/h9-11,14H,4-8,12-13H2,1-3H3,(H,20,23)(H,21,24). The minimum atomic E-state index is -0.0630. The molecule has 1 aromatic carbocycles. The Hall–Kier alpha value is -2.37. The van der Waals surface area contributed by atoms with Crippen molar-refractivity contribution in [1.82, 2.24) is 10.2 Å².